The highest BCUT2D eigenvalue weighted by atomic mass is 35.5. The number of anilines is 1. The Kier molecular flexibility index (Phi) is 5.94. The van der Waals surface area contributed by atoms with Gasteiger partial charge >= 0.3 is 0 Å². The van der Waals surface area contributed by atoms with Crippen molar-refractivity contribution in [1.29, 1.82) is 5.26 Å². The SMILES string of the molecule is Cc1ccc(NC(=O)/C(C#N)=C\NCc2ccccc2F)cc1Cl. The van der Waals surface area contributed by atoms with E-state index in [4.69, 9.17) is 16.9 Å². The fourth-order valence-corrected chi connectivity index (χ4v) is 2.10. The molecule has 0 atom stereocenters. The minimum Gasteiger partial charge on any atom is -0.385 e. The number of amides is 1. The van der Waals surface area contributed by atoms with Gasteiger partial charge in [-0.1, -0.05) is 35.9 Å². The lowest BCUT2D eigenvalue weighted by atomic mass is 10.2. The standard InChI is InChI=1S/C18H15ClFN3O/c1-12-6-7-15(8-16(12)19)23-18(24)14(9-21)11-22-10-13-4-2-3-5-17(13)20/h2-8,11,22H,10H2,1H3,(H,23,24)/b14-11-. The molecule has 0 saturated carbocycles. The van der Waals surface area contributed by atoms with Crippen molar-refractivity contribution in [3.63, 3.8) is 0 Å². The predicted molar refractivity (Wildman–Crippen MR) is 91.8 cm³/mol. The largest absolute Gasteiger partial charge is 0.385 e. The van der Waals surface area contributed by atoms with E-state index >= 15 is 0 Å². The molecular formula is C18H15ClFN3O. The van der Waals surface area contributed by atoms with Gasteiger partial charge in [0.15, 0.2) is 0 Å². The zero-order chi connectivity index (χ0) is 17.5. The molecule has 4 nitrogen and oxygen atoms in total. The lowest BCUT2D eigenvalue weighted by Gasteiger charge is -2.07. The molecule has 0 aliphatic heterocycles. The fourth-order valence-electron chi connectivity index (χ4n) is 1.92. The minimum absolute atomic E-state index is 0.122. The van der Waals surface area contributed by atoms with E-state index in [1.165, 1.54) is 12.3 Å². The van der Waals surface area contributed by atoms with Crippen molar-refractivity contribution in [3.8, 4) is 6.07 Å². The summed E-state index contributed by atoms with van der Waals surface area (Å²) in [6, 6.07) is 13.2. The summed E-state index contributed by atoms with van der Waals surface area (Å²) < 4.78 is 13.5. The topological polar surface area (TPSA) is 64.9 Å². The summed E-state index contributed by atoms with van der Waals surface area (Å²) in [6.07, 6.45) is 1.26. The van der Waals surface area contributed by atoms with Crippen molar-refractivity contribution in [2.45, 2.75) is 13.5 Å². The third-order valence-electron chi connectivity index (χ3n) is 3.29. The van der Waals surface area contributed by atoms with Crippen LogP contribution in [0.25, 0.3) is 0 Å². The number of halogens is 2. The Bertz CT molecular complexity index is 827. The lowest BCUT2D eigenvalue weighted by Crippen LogP contribution is -2.17. The summed E-state index contributed by atoms with van der Waals surface area (Å²) in [7, 11) is 0. The molecule has 0 spiro atoms. The Balaban J connectivity index is 2.01. The normalized spacial score (nSPS) is 10.8. The summed E-state index contributed by atoms with van der Waals surface area (Å²) in [5.74, 6) is -0.922. The molecule has 1 amide bonds. The molecule has 0 aliphatic rings. The summed E-state index contributed by atoms with van der Waals surface area (Å²) in [5.41, 5.74) is 1.70. The third kappa shape index (κ3) is 4.58. The van der Waals surface area contributed by atoms with Gasteiger partial charge in [-0.05, 0) is 30.7 Å². The van der Waals surface area contributed by atoms with Gasteiger partial charge in [0.25, 0.3) is 5.91 Å². The maximum atomic E-state index is 13.5. The molecule has 6 heteroatoms. The number of benzene rings is 2. The maximum absolute atomic E-state index is 13.5. The van der Waals surface area contributed by atoms with Gasteiger partial charge in [-0.2, -0.15) is 5.26 Å². The van der Waals surface area contributed by atoms with E-state index < -0.39 is 5.91 Å². The number of carbonyl (C=O) groups is 1. The van der Waals surface area contributed by atoms with Crippen LogP contribution in [-0.4, -0.2) is 5.91 Å². The first kappa shape index (κ1) is 17.5. The van der Waals surface area contributed by atoms with Crippen LogP contribution in [0.15, 0.2) is 54.2 Å². The molecule has 0 fully saturated rings. The molecule has 0 saturated heterocycles. The zero-order valence-electron chi connectivity index (χ0n) is 12.9. The number of nitrogens with one attached hydrogen (secondary N) is 2. The highest BCUT2D eigenvalue weighted by Crippen LogP contribution is 2.20. The number of hydrogen-bond acceptors (Lipinski definition) is 3. The van der Waals surface area contributed by atoms with Crippen molar-refractivity contribution in [1.82, 2.24) is 5.32 Å². The number of nitrogens with zero attached hydrogens (tertiary/aromatic N) is 1. The van der Waals surface area contributed by atoms with Gasteiger partial charge < -0.3 is 10.6 Å². The van der Waals surface area contributed by atoms with E-state index in [9.17, 15) is 9.18 Å². The first-order valence-corrected chi connectivity index (χ1v) is 7.53. The number of hydrogen-bond donors (Lipinski definition) is 2. The molecule has 0 bridgehead atoms. The van der Waals surface area contributed by atoms with Crippen molar-refractivity contribution in [2.24, 2.45) is 0 Å². The second kappa shape index (κ2) is 8.14. The predicted octanol–water partition coefficient (Wildman–Crippen LogP) is 3.92. The van der Waals surface area contributed by atoms with E-state index in [2.05, 4.69) is 10.6 Å². The van der Waals surface area contributed by atoms with Crippen LogP contribution in [0.2, 0.25) is 5.02 Å². The van der Waals surface area contributed by atoms with Crippen molar-refractivity contribution >= 4 is 23.2 Å². The quantitative estimate of drug-likeness (QED) is 0.638. The second-order valence-electron chi connectivity index (χ2n) is 5.06. The second-order valence-corrected chi connectivity index (χ2v) is 5.47. The van der Waals surface area contributed by atoms with Crippen LogP contribution in [-0.2, 0) is 11.3 Å². The van der Waals surface area contributed by atoms with Crippen LogP contribution in [0.5, 0.6) is 0 Å². The molecule has 0 radical (unpaired) electrons. The Morgan fingerprint density at radius 3 is 2.75 bits per heavy atom. The number of nitriles is 1. The van der Waals surface area contributed by atoms with E-state index in [1.807, 2.05) is 13.0 Å². The summed E-state index contributed by atoms with van der Waals surface area (Å²) in [6.45, 7) is 2.02. The minimum atomic E-state index is -0.571. The zero-order valence-corrected chi connectivity index (χ0v) is 13.7. The van der Waals surface area contributed by atoms with Crippen LogP contribution in [0.3, 0.4) is 0 Å². The number of rotatable bonds is 5. The Morgan fingerprint density at radius 1 is 1.33 bits per heavy atom. The van der Waals surface area contributed by atoms with Crippen LogP contribution in [0.4, 0.5) is 10.1 Å². The van der Waals surface area contributed by atoms with Crippen LogP contribution in [0.1, 0.15) is 11.1 Å². The van der Waals surface area contributed by atoms with Gasteiger partial charge in [0.05, 0.1) is 0 Å². The van der Waals surface area contributed by atoms with E-state index in [0.29, 0.717) is 16.3 Å². The molecule has 0 unspecified atom stereocenters. The van der Waals surface area contributed by atoms with Gasteiger partial charge in [0.1, 0.15) is 17.5 Å². The summed E-state index contributed by atoms with van der Waals surface area (Å²) in [4.78, 5) is 12.1. The fraction of sp³-hybridized carbons (Fsp3) is 0.111. The molecule has 2 aromatic carbocycles. The average molecular weight is 344 g/mol. The molecule has 0 aromatic heterocycles. The van der Waals surface area contributed by atoms with Crippen LogP contribution in [0, 0.1) is 24.1 Å². The van der Waals surface area contributed by atoms with Crippen molar-refractivity contribution in [2.75, 3.05) is 5.32 Å². The Morgan fingerprint density at radius 2 is 2.08 bits per heavy atom. The van der Waals surface area contributed by atoms with Gasteiger partial charge in [-0.3, -0.25) is 4.79 Å². The molecule has 0 aliphatic carbocycles. The smallest absolute Gasteiger partial charge is 0.267 e. The third-order valence-corrected chi connectivity index (χ3v) is 3.70. The Hall–Kier alpha value is -2.84. The first-order valence-electron chi connectivity index (χ1n) is 7.16. The molecule has 0 heterocycles. The molecule has 2 N–H and O–H groups in total. The summed E-state index contributed by atoms with van der Waals surface area (Å²) in [5, 5.41) is 15.0. The lowest BCUT2D eigenvalue weighted by molar-refractivity contribution is -0.112. The molecular weight excluding hydrogens is 329 g/mol. The van der Waals surface area contributed by atoms with Crippen molar-refractivity contribution in [3.05, 3.63) is 76.2 Å². The van der Waals surface area contributed by atoms with E-state index in [-0.39, 0.29) is 17.9 Å². The monoisotopic (exact) mass is 343 g/mol. The molecule has 24 heavy (non-hydrogen) atoms. The van der Waals surface area contributed by atoms with Crippen LogP contribution >= 0.6 is 11.6 Å². The van der Waals surface area contributed by atoms with Gasteiger partial charge in [-0.25, -0.2) is 4.39 Å². The highest BCUT2D eigenvalue weighted by molar-refractivity contribution is 6.31. The molecule has 122 valence electrons. The Labute approximate surface area is 144 Å². The van der Waals surface area contributed by atoms with E-state index in [0.717, 1.165) is 5.56 Å². The first-order chi connectivity index (χ1) is 11.5. The number of carbonyl (C=O) groups excluding carboxylic acids is 1. The molecule has 2 aromatic rings. The maximum Gasteiger partial charge on any atom is 0.267 e. The van der Waals surface area contributed by atoms with Crippen molar-refractivity contribution < 1.29 is 9.18 Å². The van der Waals surface area contributed by atoms with Gasteiger partial charge in [0.2, 0.25) is 0 Å². The molecule has 2 rings (SSSR count). The van der Waals surface area contributed by atoms with E-state index in [1.54, 1.807) is 36.4 Å². The average Bonchev–Trinajstić information content (AvgIpc) is 2.56. The van der Waals surface area contributed by atoms with Crippen LogP contribution < -0.4 is 10.6 Å². The van der Waals surface area contributed by atoms with Gasteiger partial charge in [0, 0.05) is 29.0 Å². The summed E-state index contributed by atoms with van der Waals surface area (Å²) >= 11 is 6.00. The van der Waals surface area contributed by atoms with Gasteiger partial charge in [-0.15, -0.1) is 0 Å². The highest BCUT2D eigenvalue weighted by Gasteiger charge is 2.10. The number of aryl methyl sites for hydroxylation is 1.